The fourth-order valence-corrected chi connectivity index (χ4v) is 0.855. The lowest BCUT2D eigenvalue weighted by Gasteiger charge is -2.22. The molecule has 14 heavy (non-hydrogen) atoms. The van der Waals surface area contributed by atoms with Gasteiger partial charge in [-0.3, -0.25) is 4.79 Å². The zero-order chi connectivity index (χ0) is 11.4. The van der Waals surface area contributed by atoms with E-state index < -0.39 is 6.04 Å². The van der Waals surface area contributed by atoms with E-state index in [9.17, 15) is 9.59 Å². The quantitative estimate of drug-likeness (QED) is 0.598. The maximum atomic E-state index is 11.3. The van der Waals surface area contributed by atoms with Gasteiger partial charge >= 0.3 is 6.03 Å². The first-order valence-corrected chi connectivity index (χ1v) is 4.56. The summed E-state index contributed by atoms with van der Waals surface area (Å²) in [6.07, 6.45) is 0. The Morgan fingerprint density at radius 2 is 1.71 bits per heavy atom. The van der Waals surface area contributed by atoms with E-state index >= 15 is 0 Å². The third-order valence-corrected chi connectivity index (χ3v) is 1.48. The van der Waals surface area contributed by atoms with Gasteiger partial charge in [0.2, 0.25) is 5.91 Å². The molecule has 0 fully saturated rings. The molecule has 5 nitrogen and oxygen atoms in total. The first-order chi connectivity index (χ1) is 6.26. The summed E-state index contributed by atoms with van der Waals surface area (Å²) >= 11 is 0. The van der Waals surface area contributed by atoms with Gasteiger partial charge < -0.3 is 16.0 Å². The predicted molar refractivity (Wildman–Crippen MR) is 54.9 cm³/mol. The zero-order valence-corrected chi connectivity index (χ0v) is 9.39. The molecule has 0 aromatic carbocycles. The molecule has 0 aliphatic heterocycles. The lowest BCUT2D eigenvalue weighted by Crippen LogP contribution is -2.52. The molecule has 0 saturated heterocycles. The first-order valence-electron chi connectivity index (χ1n) is 4.56. The highest BCUT2D eigenvalue weighted by Crippen LogP contribution is 1.97. The fraction of sp³-hybridized carbons (Fsp3) is 0.778. The lowest BCUT2D eigenvalue weighted by molar-refractivity contribution is -0.122. The summed E-state index contributed by atoms with van der Waals surface area (Å²) in [6.45, 7) is 7.24. The minimum Gasteiger partial charge on any atom is -0.357 e. The maximum Gasteiger partial charge on any atom is 0.315 e. The van der Waals surface area contributed by atoms with E-state index in [1.807, 2.05) is 20.8 Å². The second-order valence-corrected chi connectivity index (χ2v) is 4.18. The van der Waals surface area contributed by atoms with E-state index in [1.165, 1.54) is 7.05 Å². The van der Waals surface area contributed by atoms with E-state index in [4.69, 9.17) is 0 Å². The van der Waals surface area contributed by atoms with Crippen LogP contribution in [0.1, 0.15) is 27.7 Å². The number of likely N-dealkylation sites (N-methyl/N-ethyl adjacent to an activating group) is 1. The number of amides is 3. The van der Waals surface area contributed by atoms with E-state index in [0.29, 0.717) is 0 Å². The summed E-state index contributed by atoms with van der Waals surface area (Å²) < 4.78 is 0. The average Bonchev–Trinajstić information content (AvgIpc) is 1.99. The molecule has 0 radical (unpaired) electrons. The monoisotopic (exact) mass is 201 g/mol. The van der Waals surface area contributed by atoms with Gasteiger partial charge in [-0.1, -0.05) is 0 Å². The van der Waals surface area contributed by atoms with Gasteiger partial charge in [-0.25, -0.2) is 4.79 Å². The highest BCUT2D eigenvalue weighted by molar-refractivity contribution is 5.86. The maximum absolute atomic E-state index is 11.3. The highest BCUT2D eigenvalue weighted by Gasteiger charge is 2.17. The minimum atomic E-state index is -0.526. The van der Waals surface area contributed by atoms with Gasteiger partial charge in [0, 0.05) is 12.6 Å². The number of hydrogen-bond donors (Lipinski definition) is 3. The molecule has 0 spiro atoms. The van der Waals surface area contributed by atoms with Crippen LogP contribution in [0.15, 0.2) is 0 Å². The average molecular weight is 201 g/mol. The van der Waals surface area contributed by atoms with Crippen LogP contribution in [0.3, 0.4) is 0 Å². The van der Waals surface area contributed by atoms with Crippen molar-refractivity contribution < 1.29 is 9.59 Å². The van der Waals surface area contributed by atoms with Crippen LogP contribution in [-0.4, -0.2) is 30.6 Å². The number of nitrogens with one attached hydrogen (secondary N) is 3. The summed E-state index contributed by atoms with van der Waals surface area (Å²) in [7, 11) is 1.53. The third-order valence-electron chi connectivity index (χ3n) is 1.48. The molecule has 0 aliphatic carbocycles. The fourth-order valence-electron chi connectivity index (χ4n) is 0.855. The topological polar surface area (TPSA) is 70.2 Å². The zero-order valence-electron chi connectivity index (χ0n) is 9.39. The van der Waals surface area contributed by atoms with Gasteiger partial charge in [0.05, 0.1) is 0 Å². The Kier molecular flexibility index (Phi) is 4.40. The molecule has 0 heterocycles. The summed E-state index contributed by atoms with van der Waals surface area (Å²) in [6, 6.07) is -0.865. The first kappa shape index (κ1) is 12.7. The second-order valence-electron chi connectivity index (χ2n) is 4.18. The normalized spacial score (nSPS) is 12.9. The molecule has 3 amide bonds. The van der Waals surface area contributed by atoms with Crippen LogP contribution in [0, 0.1) is 0 Å². The Bertz CT molecular complexity index is 221. The van der Waals surface area contributed by atoms with E-state index in [-0.39, 0.29) is 17.5 Å². The molecule has 5 heteroatoms. The molecule has 0 aromatic rings. The van der Waals surface area contributed by atoms with Crippen molar-refractivity contribution in [1.29, 1.82) is 0 Å². The Morgan fingerprint density at radius 1 is 1.21 bits per heavy atom. The Morgan fingerprint density at radius 3 is 2.07 bits per heavy atom. The number of carbonyl (C=O) groups is 2. The molecule has 0 aromatic heterocycles. The summed E-state index contributed by atoms with van der Waals surface area (Å²) in [5.74, 6) is -0.214. The summed E-state index contributed by atoms with van der Waals surface area (Å²) in [5.41, 5.74) is -0.299. The van der Waals surface area contributed by atoms with E-state index in [1.54, 1.807) is 6.92 Å². The van der Waals surface area contributed by atoms with Gasteiger partial charge in [0.15, 0.2) is 0 Å². The third kappa shape index (κ3) is 5.40. The van der Waals surface area contributed by atoms with Crippen molar-refractivity contribution in [3.63, 3.8) is 0 Å². The van der Waals surface area contributed by atoms with Crippen molar-refractivity contribution in [2.24, 2.45) is 0 Å². The van der Waals surface area contributed by atoms with Gasteiger partial charge in [-0.05, 0) is 27.7 Å². The van der Waals surface area contributed by atoms with Crippen molar-refractivity contribution in [3.05, 3.63) is 0 Å². The van der Waals surface area contributed by atoms with Crippen LogP contribution in [0.2, 0.25) is 0 Å². The number of hydrogen-bond acceptors (Lipinski definition) is 2. The molecule has 3 N–H and O–H groups in total. The molecule has 0 aliphatic rings. The van der Waals surface area contributed by atoms with Gasteiger partial charge in [-0.2, -0.15) is 0 Å². The van der Waals surface area contributed by atoms with Crippen molar-refractivity contribution in [2.75, 3.05) is 7.05 Å². The molecule has 0 bridgehead atoms. The van der Waals surface area contributed by atoms with E-state index in [2.05, 4.69) is 16.0 Å². The summed E-state index contributed by atoms with van der Waals surface area (Å²) in [5, 5.41) is 7.68. The molecule has 1 unspecified atom stereocenters. The molecular weight excluding hydrogens is 182 g/mol. The van der Waals surface area contributed by atoms with Crippen LogP contribution < -0.4 is 16.0 Å². The largest absolute Gasteiger partial charge is 0.357 e. The number of carbonyl (C=O) groups excluding carboxylic acids is 2. The van der Waals surface area contributed by atoms with Crippen LogP contribution in [0.5, 0.6) is 0 Å². The Balaban J connectivity index is 4.01. The molecule has 0 rings (SSSR count). The van der Waals surface area contributed by atoms with Gasteiger partial charge in [0.25, 0.3) is 0 Å². The highest BCUT2D eigenvalue weighted by atomic mass is 16.2. The smallest absolute Gasteiger partial charge is 0.315 e. The van der Waals surface area contributed by atoms with Crippen molar-refractivity contribution >= 4 is 11.9 Å². The lowest BCUT2D eigenvalue weighted by atomic mass is 10.1. The minimum absolute atomic E-state index is 0.214. The van der Waals surface area contributed by atoms with Gasteiger partial charge in [0.1, 0.15) is 6.04 Å². The standard InChI is InChI=1S/C9H19N3O2/c1-6(7(13)10-5)11-8(14)12-9(2,3)4/h6H,1-5H3,(H,10,13)(H2,11,12,14). The SMILES string of the molecule is CNC(=O)C(C)NC(=O)NC(C)(C)C. The number of urea groups is 1. The van der Waals surface area contributed by atoms with E-state index in [0.717, 1.165) is 0 Å². The summed E-state index contributed by atoms with van der Waals surface area (Å²) in [4.78, 5) is 22.3. The van der Waals surface area contributed by atoms with Crippen LogP contribution in [0.25, 0.3) is 0 Å². The van der Waals surface area contributed by atoms with Crippen LogP contribution >= 0.6 is 0 Å². The Hall–Kier alpha value is -1.26. The van der Waals surface area contributed by atoms with Crippen LogP contribution in [0.4, 0.5) is 4.79 Å². The van der Waals surface area contributed by atoms with Crippen molar-refractivity contribution in [1.82, 2.24) is 16.0 Å². The number of rotatable bonds is 2. The van der Waals surface area contributed by atoms with Crippen LogP contribution in [-0.2, 0) is 4.79 Å². The predicted octanol–water partition coefficient (Wildman–Crippen LogP) is 0.219. The van der Waals surface area contributed by atoms with Crippen molar-refractivity contribution in [3.8, 4) is 0 Å². The molecule has 82 valence electrons. The Labute approximate surface area is 84.6 Å². The molecule has 1 atom stereocenters. The second kappa shape index (κ2) is 4.83. The van der Waals surface area contributed by atoms with Crippen molar-refractivity contribution in [2.45, 2.75) is 39.3 Å². The molecular formula is C9H19N3O2. The van der Waals surface area contributed by atoms with Gasteiger partial charge in [-0.15, -0.1) is 0 Å². The molecule has 0 saturated carbocycles.